The summed E-state index contributed by atoms with van der Waals surface area (Å²) in [5.74, 6) is -1.41. The molecule has 2 unspecified atom stereocenters. The lowest BCUT2D eigenvalue weighted by atomic mass is 9.90. The van der Waals surface area contributed by atoms with Gasteiger partial charge in [-0.2, -0.15) is 13.2 Å². The third-order valence-corrected chi connectivity index (χ3v) is 2.95. The van der Waals surface area contributed by atoms with E-state index in [-0.39, 0.29) is 0 Å². The highest BCUT2D eigenvalue weighted by Gasteiger charge is 2.66. The van der Waals surface area contributed by atoms with Gasteiger partial charge < -0.3 is 5.11 Å². The SMILES string of the molecule is OC1(C(F)(F)F)C2C=CC1CC2. The molecule has 1 saturated carbocycles. The summed E-state index contributed by atoms with van der Waals surface area (Å²) in [4.78, 5) is 0. The standard InChI is InChI=1S/C8H9F3O/c9-8(10,11)7(12)5-1-2-6(7)4-3-5/h1-2,5-6,12H,3-4H2. The van der Waals surface area contributed by atoms with Crippen LogP contribution in [0.1, 0.15) is 12.8 Å². The van der Waals surface area contributed by atoms with Gasteiger partial charge in [-0.15, -0.1) is 0 Å². The van der Waals surface area contributed by atoms with Gasteiger partial charge in [0.05, 0.1) is 0 Å². The first kappa shape index (κ1) is 8.10. The Morgan fingerprint density at radius 3 is 1.75 bits per heavy atom. The van der Waals surface area contributed by atoms with Crippen molar-refractivity contribution in [2.24, 2.45) is 11.8 Å². The Labute approximate surface area is 67.9 Å². The molecule has 2 aliphatic rings. The molecule has 1 nitrogen and oxygen atoms in total. The second-order valence-corrected chi connectivity index (χ2v) is 3.50. The fourth-order valence-corrected chi connectivity index (χ4v) is 2.25. The summed E-state index contributed by atoms with van der Waals surface area (Å²) in [5.41, 5.74) is -2.45. The van der Waals surface area contributed by atoms with Crippen molar-refractivity contribution in [3.8, 4) is 0 Å². The first-order valence-corrected chi connectivity index (χ1v) is 3.93. The van der Waals surface area contributed by atoms with E-state index in [9.17, 15) is 18.3 Å². The molecule has 2 bridgehead atoms. The second-order valence-electron chi connectivity index (χ2n) is 3.50. The van der Waals surface area contributed by atoms with E-state index in [1.807, 2.05) is 0 Å². The van der Waals surface area contributed by atoms with E-state index < -0.39 is 23.6 Å². The average molecular weight is 178 g/mol. The maximum absolute atomic E-state index is 12.4. The maximum atomic E-state index is 12.4. The summed E-state index contributed by atoms with van der Waals surface area (Å²) < 4.78 is 37.2. The number of aliphatic hydroxyl groups is 1. The quantitative estimate of drug-likeness (QED) is 0.561. The smallest absolute Gasteiger partial charge is 0.379 e. The first-order valence-electron chi connectivity index (χ1n) is 3.93. The van der Waals surface area contributed by atoms with Crippen LogP contribution in [-0.2, 0) is 0 Å². The van der Waals surface area contributed by atoms with Crippen LogP contribution in [0.4, 0.5) is 13.2 Å². The number of halogens is 3. The Bertz CT molecular complexity index is 217. The molecule has 2 aliphatic carbocycles. The van der Waals surface area contributed by atoms with Crippen molar-refractivity contribution in [2.75, 3.05) is 0 Å². The fourth-order valence-electron chi connectivity index (χ4n) is 2.25. The van der Waals surface area contributed by atoms with Crippen molar-refractivity contribution in [1.82, 2.24) is 0 Å². The maximum Gasteiger partial charge on any atom is 0.418 e. The highest BCUT2D eigenvalue weighted by Crippen LogP contribution is 2.54. The second kappa shape index (κ2) is 2.05. The van der Waals surface area contributed by atoms with Crippen LogP contribution in [0.5, 0.6) is 0 Å². The van der Waals surface area contributed by atoms with Gasteiger partial charge in [0.1, 0.15) is 0 Å². The largest absolute Gasteiger partial charge is 0.418 e. The van der Waals surface area contributed by atoms with E-state index >= 15 is 0 Å². The van der Waals surface area contributed by atoms with Gasteiger partial charge in [0.2, 0.25) is 0 Å². The van der Waals surface area contributed by atoms with E-state index in [4.69, 9.17) is 0 Å². The number of hydrogen-bond donors (Lipinski definition) is 1. The van der Waals surface area contributed by atoms with Crippen LogP contribution in [0.3, 0.4) is 0 Å². The molecule has 4 heteroatoms. The third kappa shape index (κ3) is 0.736. The molecule has 1 fully saturated rings. The van der Waals surface area contributed by atoms with Crippen LogP contribution < -0.4 is 0 Å². The molecule has 0 aromatic carbocycles. The summed E-state index contributed by atoms with van der Waals surface area (Å²) in [6.07, 6.45) is -0.597. The number of alkyl halides is 3. The van der Waals surface area contributed by atoms with Crippen molar-refractivity contribution < 1.29 is 18.3 Å². The van der Waals surface area contributed by atoms with Crippen LogP contribution >= 0.6 is 0 Å². The molecule has 0 amide bonds. The molecule has 68 valence electrons. The monoisotopic (exact) mass is 178 g/mol. The predicted octanol–water partition coefficient (Wildman–Crippen LogP) is 1.88. The lowest BCUT2D eigenvalue weighted by Gasteiger charge is -2.30. The molecule has 0 heterocycles. The van der Waals surface area contributed by atoms with Crippen LogP contribution in [0.2, 0.25) is 0 Å². The van der Waals surface area contributed by atoms with E-state index in [2.05, 4.69) is 0 Å². The van der Waals surface area contributed by atoms with Gasteiger partial charge in [-0.25, -0.2) is 0 Å². The van der Waals surface area contributed by atoms with Crippen molar-refractivity contribution in [3.05, 3.63) is 12.2 Å². The molecule has 0 spiro atoms. The molecule has 1 N–H and O–H groups in total. The molecule has 12 heavy (non-hydrogen) atoms. The fraction of sp³-hybridized carbons (Fsp3) is 0.750. The van der Waals surface area contributed by atoms with E-state index in [0.717, 1.165) is 0 Å². The Morgan fingerprint density at radius 1 is 1.17 bits per heavy atom. The topological polar surface area (TPSA) is 20.2 Å². The molecule has 0 radical (unpaired) electrons. The van der Waals surface area contributed by atoms with Crippen molar-refractivity contribution in [3.63, 3.8) is 0 Å². The molecule has 0 aromatic heterocycles. The third-order valence-electron chi connectivity index (χ3n) is 2.95. The summed E-state index contributed by atoms with van der Waals surface area (Å²) in [5, 5.41) is 9.44. The Hall–Kier alpha value is -0.510. The zero-order valence-corrected chi connectivity index (χ0v) is 6.30. The van der Waals surface area contributed by atoms with Gasteiger partial charge >= 0.3 is 6.18 Å². The molecular formula is C8H9F3O. The van der Waals surface area contributed by atoms with Crippen LogP contribution in [0, 0.1) is 11.8 Å². The van der Waals surface area contributed by atoms with Crippen LogP contribution in [0.15, 0.2) is 12.2 Å². The van der Waals surface area contributed by atoms with Gasteiger partial charge in [0, 0.05) is 11.8 Å². The highest BCUT2D eigenvalue weighted by molar-refractivity contribution is 5.22. The van der Waals surface area contributed by atoms with Gasteiger partial charge in [-0.3, -0.25) is 0 Å². The van der Waals surface area contributed by atoms with Crippen molar-refractivity contribution in [1.29, 1.82) is 0 Å². The minimum atomic E-state index is -4.48. The van der Waals surface area contributed by atoms with Crippen molar-refractivity contribution >= 4 is 0 Å². The van der Waals surface area contributed by atoms with E-state index in [0.29, 0.717) is 12.8 Å². The number of hydrogen-bond acceptors (Lipinski definition) is 1. The van der Waals surface area contributed by atoms with Crippen molar-refractivity contribution in [2.45, 2.75) is 24.6 Å². The van der Waals surface area contributed by atoms with Crippen LogP contribution in [0.25, 0.3) is 0 Å². The van der Waals surface area contributed by atoms with Gasteiger partial charge in [-0.1, -0.05) is 12.2 Å². The lowest BCUT2D eigenvalue weighted by molar-refractivity contribution is -0.274. The van der Waals surface area contributed by atoms with Gasteiger partial charge in [0.15, 0.2) is 5.60 Å². The van der Waals surface area contributed by atoms with Gasteiger partial charge in [0.25, 0.3) is 0 Å². The predicted molar refractivity (Wildman–Crippen MR) is 36.4 cm³/mol. The molecular weight excluding hydrogens is 169 g/mol. The lowest BCUT2D eigenvalue weighted by Crippen LogP contribution is -2.49. The molecule has 0 aliphatic heterocycles. The zero-order valence-electron chi connectivity index (χ0n) is 6.30. The number of rotatable bonds is 0. The molecule has 2 rings (SSSR count). The average Bonchev–Trinajstić information content (AvgIpc) is 2.45. The molecule has 2 atom stereocenters. The minimum Gasteiger partial charge on any atom is -0.379 e. The summed E-state index contributed by atoms with van der Waals surface area (Å²) in [7, 11) is 0. The molecule has 0 aromatic rings. The first-order chi connectivity index (χ1) is 5.46. The number of fused-ring (bicyclic) bond motifs is 2. The normalized spacial score (nSPS) is 45.7. The van der Waals surface area contributed by atoms with E-state index in [1.54, 1.807) is 0 Å². The minimum absolute atomic E-state index is 0.456. The zero-order chi connectivity index (χ0) is 8.98. The molecule has 0 saturated heterocycles. The Kier molecular flexibility index (Phi) is 1.38. The Balaban J connectivity index is 2.36. The Morgan fingerprint density at radius 2 is 1.58 bits per heavy atom. The summed E-state index contributed by atoms with van der Waals surface area (Å²) >= 11 is 0. The highest BCUT2D eigenvalue weighted by atomic mass is 19.4. The van der Waals surface area contributed by atoms with Crippen LogP contribution in [-0.4, -0.2) is 16.9 Å². The van der Waals surface area contributed by atoms with Gasteiger partial charge in [-0.05, 0) is 12.8 Å². The van der Waals surface area contributed by atoms with E-state index in [1.165, 1.54) is 12.2 Å². The summed E-state index contributed by atoms with van der Waals surface area (Å²) in [6, 6.07) is 0. The summed E-state index contributed by atoms with van der Waals surface area (Å²) in [6.45, 7) is 0.